The zero-order valence-electron chi connectivity index (χ0n) is 10.2. The maximum absolute atomic E-state index is 5.45. The predicted molar refractivity (Wildman–Crippen MR) is 69.1 cm³/mol. The number of rotatable bonds is 6. The highest BCUT2D eigenvalue weighted by Gasteiger charge is 2.03. The first kappa shape index (κ1) is 11.9. The zero-order valence-corrected chi connectivity index (χ0v) is 10.2. The Morgan fingerprint density at radius 3 is 3.06 bits per heavy atom. The fourth-order valence-corrected chi connectivity index (χ4v) is 1.83. The third-order valence-corrected chi connectivity index (χ3v) is 2.69. The van der Waals surface area contributed by atoms with Gasteiger partial charge in [-0.25, -0.2) is 9.50 Å². The average molecular weight is 233 g/mol. The smallest absolute Gasteiger partial charge is 0.152 e. The van der Waals surface area contributed by atoms with Gasteiger partial charge in [0.25, 0.3) is 0 Å². The molecule has 0 atom stereocenters. The molecular formula is C12H19N5. The van der Waals surface area contributed by atoms with Crippen LogP contribution in [0.5, 0.6) is 0 Å². The van der Waals surface area contributed by atoms with Crippen molar-refractivity contribution >= 4 is 11.3 Å². The van der Waals surface area contributed by atoms with E-state index in [1.165, 1.54) is 0 Å². The first-order valence-corrected chi connectivity index (χ1v) is 6.06. The van der Waals surface area contributed by atoms with Crippen LogP contribution < -0.4 is 11.1 Å². The third kappa shape index (κ3) is 2.94. The van der Waals surface area contributed by atoms with Gasteiger partial charge in [0.2, 0.25) is 0 Å². The Balaban J connectivity index is 1.98. The predicted octanol–water partition coefficient (Wildman–Crippen LogP) is 1.58. The summed E-state index contributed by atoms with van der Waals surface area (Å²) in [4.78, 5) is 4.34. The Bertz CT molecular complexity index is 477. The lowest BCUT2D eigenvalue weighted by molar-refractivity contribution is 0.706. The summed E-state index contributed by atoms with van der Waals surface area (Å²) in [5, 5.41) is 7.70. The highest BCUT2D eigenvalue weighted by Crippen LogP contribution is 2.14. The van der Waals surface area contributed by atoms with E-state index in [1.807, 2.05) is 23.7 Å². The minimum Gasteiger partial charge on any atom is -0.368 e. The van der Waals surface area contributed by atoms with Crippen molar-refractivity contribution in [2.45, 2.75) is 26.2 Å². The molecule has 0 aliphatic carbocycles. The van der Waals surface area contributed by atoms with Crippen LogP contribution in [0.1, 0.15) is 25.0 Å². The van der Waals surface area contributed by atoms with Crippen LogP contribution in [0.3, 0.4) is 0 Å². The third-order valence-electron chi connectivity index (χ3n) is 2.69. The maximum atomic E-state index is 5.45. The molecule has 0 saturated heterocycles. The van der Waals surface area contributed by atoms with Gasteiger partial charge >= 0.3 is 0 Å². The lowest BCUT2D eigenvalue weighted by atomic mass is 10.2. The van der Waals surface area contributed by atoms with Crippen molar-refractivity contribution in [3.63, 3.8) is 0 Å². The van der Waals surface area contributed by atoms with E-state index in [9.17, 15) is 0 Å². The number of nitrogens with zero attached hydrogens (tertiary/aromatic N) is 3. The first-order chi connectivity index (χ1) is 8.31. The summed E-state index contributed by atoms with van der Waals surface area (Å²) >= 11 is 0. The molecule has 0 fully saturated rings. The van der Waals surface area contributed by atoms with Gasteiger partial charge in [-0.1, -0.05) is 6.42 Å². The molecule has 0 radical (unpaired) electrons. The normalized spacial score (nSPS) is 10.9. The molecule has 0 unspecified atom stereocenters. The number of aryl methyl sites for hydroxylation is 1. The molecule has 5 heteroatoms. The van der Waals surface area contributed by atoms with Crippen LogP contribution in [0.4, 0.5) is 5.82 Å². The minimum absolute atomic E-state index is 0.773. The summed E-state index contributed by atoms with van der Waals surface area (Å²) in [6, 6.07) is 2.04. The summed E-state index contributed by atoms with van der Waals surface area (Å²) in [6.07, 6.45) is 6.99. The summed E-state index contributed by atoms with van der Waals surface area (Å²) < 4.78 is 1.85. The Morgan fingerprint density at radius 2 is 2.24 bits per heavy atom. The number of hydrogen-bond donors (Lipinski definition) is 2. The van der Waals surface area contributed by atoms with Gasteiger partial charge in [-0.3, -0.25) is 0 Å². The van der Waals surface area contributed by atoms with Crippen molar-refractivity contribution < 1.29 is 0 Å². The van der Waals surface area contributed by atoms with Crippen molar-refractivity contribution in [1.82, 2.24) is 14.6 Å². The summed E-state index contributed by atoms with van der Waals surface area (Å²) in [5.41, 5.74) is 7.49. The molecule has 0 amide bonds. The van der Waals surface area contributed by atoms with Gasteiger partial charge < -0.3 is 11.1 Å². The van der Waals surface area contributed by atoms with E-state index in [4.69, 9.17) is 5.73 Å². The largest absolute Gasteiger partial charge is 0.368 e. The van der Waals surface area contributed by atoms with Crippen molar-refractivity contribution in [2.75, 3.05) is 18.4 Å². The minimum atomic E-state index is 0.773. The van der Waals surface area contributed by atoms with E-state index in [0.29, 0.717) is 0 Å². The lowest BCUT2D eigenvalue weighted by Crippen LogP contribution is -2.06. The van der Waals surface area contributed by atoms with Crippen LogP contribution in [0.2, 0.25) is 0 Å². The summed E-state index contributed by atoms with van der Waals surface area (Å²) in [5.74, 6) is 0.904. The molecule has 2 aromatic heterocycles. The van der Waals surface area contributed by atoms with Crippen LogP contribution in [-0.2, 0) is 0 Å². The molecule has 0 bridgehead atoms. The molecule has 5 nitrogen and oxygen atoms in total. The number of hydrogen-bond acceptors (Lipinski definition) is 4. The molecular weight excluding hydrogens is 214 g/mol. The molecule has 92 valence electrons. The van der Waals surface area contributed by atoms with Gasteiger partial charge in [0.05, 0.1) is 5.69 Å². The van der Waals surface area contributed by atoms with Gasteiger partial charge in [-0.15, -0.1) is 0 Å². The monoisotopic (exact) mass is 233 g/mol. The SMILES string of the molecule is Cc1cc2c(NCCCCCN)nccn2n1. The average Bonchev–Trinajstić information content (AvgIpc) is 2.70. The van der Waals surface area contributed by atoms with Crippen LogP contribution in [0, 0.1) is 6.92 Å². The number of fused-ring (bicyclic) bond motifs is 1. The van der Waals surface area contributed by atoms with E-state index >= 15 is 0 Å². The summed E-state index contributed by atoms with van der Waals surface area (Å²) in [6.45, 7) is 3.69. The number of unbranched alkanes of at least 4 members (excludes halogenated alkanes) is 2. The second kappa shape index (κ2) is 5.63. The van der Waals surface area contributed by atoms with E-state index in [2.05, 4.69) is 15.4 Å². The Kier molecular flexibility index (Phi) is 3.93. The van der Waals surface area contributed by atoms with Gasteiger partial charge in [-0.05, 0) is 32.4 Å². The van der Waals surface area contributed by atoms with E-state index in [-0.39, 0.29) is 0 Å². The maximum Gasteiger partial charge on any atom is 0.152 e. The Labute approximate surface area is 101 Å². The quantitative estimate of drug-likeness (QED) is 0.743. The molecule has 3 N–H and O–H groups in total. The molecule has 0 aliphatic heterocycles. The molecule has 0 aliphatic rings. The number of aromatic nitrogens is 3. The molecule has 2 aromatic rings. The van der Waals surface area contributed by atoms with E-state index < -0.39 is 0 Å². The second-order valence-corrected chi connectivity index (χ2v) is 4.17. The lowest BCUT2D eigenvalue weighted by Gasteiger charge is -2.06. The van der Waals surface area contributed by atoms with Crippen molar-refractivity contribution in [3.8, 4) is 0 Å². The topological polar surface area (TPSA) is 68.2 Å². The number of anilines is 1. The Morgan fingerprint density at radius 1 is 1.35 bits per heavy atom. The first-order valence-electron chi connectivity index (χ1n) is 6.06. The molecule has 0 spiro atoms. The van der Waals surface area contributed by atoms with Crippen LogP contribution in [0.25, 0.3) is 5.52 Å². The second-order valence-electron chi connectivity index (χ2n) is 4.17. The van der Waals surface area contributed by atoms with Gasteiger partial charge in [-0.2, -0.15) is 5.10 Å². The van der Waals surface area contributed by atoms with Gasteiger partial charge in [0.1, 0.15) is 5.52 Å². The fraction of sp³-hybridized carbons (Fsp3) is 0.500. The fourth-order valence-electron chi connectivity index (χ4n) is 1.83. The van der Waals surface area contributed by atoms with Crippen molar-refractivity contribution in [2.24, 2.45) is 5.73 Å². The van der Waals surface area contributed by atoms with E-state index in [0.717, 1.165) is 49.4 Å². The molecule has 17 heavy (non-hydrogen) atoms. The van der Waals surface area contributed by atoms with Gasteiger partial charge in [0.15, 0.2) is 5.82 Å². The van der Waals surface area contributed by atoms with E-state index in [1.54, 1.807) is 6.20 Å². The standard InChI is InChI=1S/C12H19N5/c1-10-9-11-12(14-6-4-2-3-5-13)15-7-8-17(11)16-10/h7-9H,2-6,13H2,1H3,(H,14,15). The highest BCUT2D eigenvalue weighted by molar-refractivity contribution is 5.67. The Hall–Kier alpha value is -1.62. The molecule has 0 aromatic carbocycles. The zero-order chi connectivity index (χ0) is 12.1. The molecule has 0 saturated carbocycles. The van der Waals surface area contributed by atoms with Crippen LogP contribution in [0.15, 0.2) is 18.5 Å². The molecule has 2 heterocycles. The summed E-state index contributed by atoms with van der Waals surface area (Å²) in [7, 11) is 0. The molecule has 2 rings (SSSR count). The highest BCUT2D eigenvalue weighted by atomic mass is 15.2. The number of nitrogens with one attached hydrogen (secondary N) is 1. The van der Waals surface area contributed by atoms with Crippen LogP contribution >= 0.6 is 0 Å². The van der Waals surface area contributed by atoms with Gasteiger partial charge in [0, 0.05) is 18.9 Å². The van der Waals surface area contributed by atoms with Crippen molar-refractivity contribution in [1.29, 1.82) is 0 Å². The number of nitrogens with two attached hydrogens (primary N) is 1. The van der Waals surface area contributed by atoms with Crippen molar-refractivity contribution in [3.05, 3.63) is 24.2 Å². The van der Waals surface area contributed by atoms with Crippen LogP contribution in [-0.4, -0.2) is 27.7 Å².